The minimum atomic E-state index is -0.109. The van der Waals surface area contributed by atoms with Crippen LogP contribution in [0.2, 0.25) is 0 Å². The molecule has 0 radical (unpaired) electrons. The van der Waals surface area contributed by atoms with E-state index < -0.39 is 0 Å². The third-order valence-corrected chi connectivity index (χ3v) is 2.29. The van der Waals surface area contributed by atoms with Crippen LogP contribution in [0.3, 0.4) is 0 Å². The maximum Gasteiger partial charge on any atom is 0.120 e. The van der Waals surface area contributed by atoms with Crippen molar-refractivity contribution in [2.24, 2.45) is 0 Å². The largest absolute Gasteiger partial charge is 0.397 e. The van der Waals surface area contributed by atoms with Gasteiger partial charge in [-0.3, -0.25) is 0 Å². The number of rotatable bonds is 2. The Labute approximate surface area is 75.6 Å². The van der Waals surface area contributed by atoms with Crippen molar-refractivity contribution in [3.63, 3.8) is 0 Å². The molecular weight excluding hydrogens is 170 g/mol. The summed E-state index contributed by atoms with van der Waals surface area (Å²) in [7, 11) is 0. The van der Waals surface area contributed by atoms with Gasteiger partial charge in [-0.25, -0.2) is 4.98 Å². The fourth-order valence-corrected chi connectivity index (χ4v) is 1.41. The lowest BCUT2D eigenvalue weighted by molar-refractivity contribution is 1.12. The Balaban J connectivity index is 2.77. The highest BCUT2D eigenvalue weighted by atomic mass is 32.2. The van der Waals surface area contributed by atoms with Gasteiger partial charge in [0.15, 0.2) is 0 Å². The summed E-state index contributed by atoms with van der Waals surface area (Å²) in [5.74, 6) is 0. The minimum absolute atomic E-state index is 0.109. The standard InChI is InChI=1S/C8H9N3S/c1-6(5-9)12-8-7(10)3-2-4-11-8/h2-4,6H,10H2,1H3. The van der Waals surface area contributed by atoms with E-state index in [1.54, 1.807) is 18.3 Å². The summed E-state index contributed by atoms with van der Waals surface area (Å²) in [6.07, 6.45) is 1.67. The van der Waals surface area contributed by atoms with Crippen molar-refractivity contribution >= 4 is 17.4 Å². The molecule has 0 saturated carbocycles. The predicted octanol–water partition coefficient (Wildman–Crippen LogP) is 1.67. The molecule has 1 aromatic heterocycles. The maximum atomic E-state index is 8.55. The number of pyridine rings is 1. The van der Waals surface area contributed by atoms with E-state index in [4.69, 9.17) is 11.0 Å². The molecule has 0 saturated heterocycles. The van der Waals surface area contributed by atoms with Gasteiger partial charge >= 0.3 is 0 Å². The molecule has 1 aromatic rings. The van der Waals surface area contributed by atoms with Crippen molar-refractivity contribution in [3.05, 3.63) is 18.3 Å². The molecule has 1 atom stereocenters. The van der Waals surface area contributed by atoms with Gasteiger partial charge in [0.25, 0.3) is 0 Å². The first-order valence-corrected chi connectivity index (χ1v) is 4.38. The zero-order valence-corrected chi connectivity index (χ0v) is 7.51. The molecule has 12 heavy (non-hydrogen) atoms. The Bertz CT molecular complexity index is 305. The van der Waals surface area contributed by atoms with Gasteiger partial charge in [-0.2, -0.15) is 5.26 Å². The number of nitriles is 1. The van der Waals surface area contributed by atoms with Crippen LogP contribution >= 0.6 is 11.8 Å². The number of hydrogen-bond donors (Lipinski definition) is 1. The highest BCUT2D eigenvalue weighted by Gasteiger charge is 2.05. The van der Waals surface area contributed by atoms with Crippen LogP contribution in [-0.2, 0) is 0 Å². The van der Waals surface area contributed by atoms with Gasteiger partial charge in [0.2, 0.25) is 0 Å². The van der Waals surface area contributed by atoms with E-state index in [-0.39, 0.29) is 5.25 Å². The quantitative estimate of drug-likeness (QED) is 0.701. The molecule has 0 aromatic carbocycles. The molecule has 0 aliphatic carbocycles. The number of aromatic nitrogens is 1. The van der Waals surface area contributed by atoms with Crippen LogP contribution in [0.5, 0.6) is 0 Å². The Hall–Kier alpha value is -1.21. The smallest absolute Gasteiger partial charge is 0.120 e. The second-order valence-corrected chi connectivity index (χ2v) is 3.62. The van der Waals surface area contributed by atoms with Crippen LogP contribution in [-0.4, -0.2) is 10.2 Å². The SMILES string of the molecule is CC(C#N)Sc1ncccc1N. The highest BCUT2D eigenvalue weighted by molar-refractivity contribution is 8.00. The van der Waals surface area contributed by atoms with Gasteiger partial charge in [-0.05, 0) is 19.1 Å². The monoisotopic (exact) mass is 179 g/mol. The van der Waals surface area contributed by atoms with Gasteiger partial charge in [0.1, 0.15) is 5.03 Å². The highest BCUT2D eigenvalue weighted by Crippen LogP contribution is 2.25. The predicted molar refractivity (Wildman–Crippen MR) is 49.6 cm³/mol. The molecule has 2 N–H and O–H groups in total. The lowest BCUT2D eigenvalue weighted by Crippen LogP contribution is -1.95. The summed E-state index contributed by atoms with van der Waals surface area (Å²) in [6, 6.07) is 5.66. The number of nitrogens with zero attached hydrogens (tertiary/aromatic N) is 2. The number of thioether (sulfide) groups is 1. The normalized spacial score (nSPS) is 12.0. The Morgan fingerprint density at radius 3 is 3.08 bits per heavy atom. The Kier molecular flexibility index (Phi) is 2.94. The molecule has 0 amide bonds. The number of nitrogens with two attached hydrogens (primary N) is 1. The minimum Gasteiger partial charge on any atom is -0.397 e. The third-order valence-electron chi connectivity index (χ3n) is 1.27. The molecule has 1 unspecified atom stereocenters. The van der Waals surface area contributed by atoms with Crippen molar-refractivity contribution in [3.8, 4) is 6.07 Å². The summed E-state index contributed by atoms with van der Waals surface area (Å²) >= 11 is 1.37. The third kappa shape index (κ3) is 2.14. The summed E-state index contributed by atoms with van der Waals surface area (Å²) in [6.45, 7) is 1.82. The lowest BCUT2D eigenvalue weighted by atomic mass is 10.4. The summed E-state index contributed by atoms with van der Waals surface area (Å²) in [5.41, 5.74) is 6.26. The van der Waals surface area contributed by atoms with E-state index in [1.807, 2.05) is 6.92 Å². The van der Waals surface area contributed by atoms with Crippen molar-refractivity contribution < 1.29 is 0 Å². The van der Waals surface area contributed by atoms with Crippen LogP contribution in [0.1, 0.15) is 6.92 Å². The second kappa shape index (κ2) is 3.98. The van der Waals surface area contributed by atoms with Crippen LogP contribution in [0.25, 0.3) is 0 Å². The van der Waals surface area contributed by atoms with Crippen molar-refractivity contribution in [1.82, 2.24) is 4.98 Å². The summed E-state index contributed by atoms with van der Waals surface area (Å²) in [4.78, 5) is 4.05. The number of hydrogen-bond acceptors (Lipinski definition) is 4. The summed E-state index contributed by atoms with van der Waals surface area (Å²) in [5, 5.41) is 9.17. The molecule has 62 valence electrons. The molecule has 3 nitrogen and oxygen atoms in total. The average Bonchev–Trinajstić information content (AvgIpc) is 2.09. The molecular formula is C8H9N3S. The zero-order valence-electron chi connectivity index (χ0n) is 6.69. The van der Waals surface area contributed by atoms with Gasteiger partial charge in [0.05, 0.1) is 17.0 Å². The molecule has 0 spiro atoms. The topological polar surface area (TPSA) is 62.7 Å². The maximum absolute atomic E-state index is 8.55. The first kappa shape index (κ1) is 8.88. The fraction of sp³-hybridized carbons (Fsp3) is 0.250. The summed E-state index contributed by atoms with van der Waals surface area (Å²) < 4.78 is 0. The molecule has 1 rings (SSSR count). The van der Waals surface area contributed by atoms with Crippen molar-refractivity contribution in [2.75, 3.05) is 5.73 Å². The second-order valence-electron chi connectivity index (χ2n) is 2.29. The van der Waals surface area contributed by atoms with Gasteiger partial charge in [0, 0.05) is 6.20 Å². The fourth-order valence-electron chi connectivity index (χ4n) is 0.696. The van der Waals surface area contributed by atoms with Gasteiger partial charge < -0.3 is 5.73 Å². The van der Waals surface area contributed by atoms with E-state index in [2.05, 4.69) is 11.1 Å². The van der Waals surface area contributed by atoms with E-state index in [0.717, 1.165) is 5.03 Å². The van der Waals surface area contributed by atoms with Crippen LogP contribution < -0.4 is 5.73 Å². The molecule has 0 fully saturated rings. The first-order chi connectivity index (χ1) is 5.74. The van der Waals surface area contributed by atoms with Crippen LogP contribution in [0, 0.1) is 11.3 Å². The van der Waals surface area contributed by atoms with E-state index >= 15 is 0 Å². The number of nitrogen functional groups attached to an aromatic ring is 1. The average molecular weight is 179 g/mol. The molecule has 1 heterocycles. The Morgan fingerprint density at radius 2 is 2.50 bits per heavy atom. The lowest BCUT2D eigenvalue weighted by Gasteiger charge is -2.03. The molecule has 0 bridgehead atoms. The molecule has 4 heteroatoms. The Morgan fingerprint density at radius 1 is 1.75 bits per heavy atom. The van der Waals surface area contributed by atoms with Crippen molar-refractivity contribution in [2.45, 2.75) is 17.2 Å². The number of anilines is 1. The molecule has 0 aliphatic heterocycles. The van der Waals surface area contributed by atoms with Crippen LogP contribution in [0.15, 0.2) is 23.4 Å². The van der Waals surface area contributed by atoms with Gasteiger partial charge in [-0.15, -0.1) is 0 Å². The van der Waals surface area contributed by atoms with E-state index in [0.29, 0.717) is 5.69 Å². The van der Waals surface area contributed by atoms with E-state index in [9.17, 15) is 0 Å². The van der Waals surface area contributed by atoms with Crippen LogP contribution in [0.4, 0.5) is 5.69 Å². The molecule has 0 aliphatic rings. The first-order valence-electron chi connectivity index (χ1n) is 3.51. The van der Waals surface area contributed by atoms with Crippen molar-refractivity contribution in [1.29, 1.82) is 5.26 Å². The van der Waals surface area contributed by atoms with Gasteiger partial charge in [-0.1, -0.05) is 11.8 Å². The van der Waals surface area contributed by atoms with E-state index in [1.165, 1.54) is 11.8 Å². The zero-order chi connectivity index (χ0) is 8.97.